The van der Waals surface area contributed by atoms with E-state index in [0.717, 1.165) is 34.0 Å². The number of morpholine rings is 1. The summed E-state index contributed by atoms with van der Waals surface area (Å²) in [5.74, 6) is 0.0122. The van der Waals surface area contributed by atoms with Gasteiger partial charge in [-0.05, 0) is 25.1 Å². The molecule has 0 saturated carbocycles. The van der Waals surface area contributed by atoms with Gasteiger partial charge in [-0.2, -0.15) is 0 Å². The van der Waals surface area contributed by atoms with Crippen LogP contribution in [0, 0.1) is 6.92 Å². The summed E-state index contributed by atoms with van der Waals surface area (Å²) < 4.78 is 6.42. The second-order valence-corrected chi connectivity index (χ2v) is 6.09. The van der Waals surface area contributed by atoms with Crippen molar-refractivity contribution in [2.24, 2.45) is 0 Å². The first-order chi connectivity index (χ1) is 9.70. The molecule has 1 aromatic carbocycles. The van der Waals surface area contributed by atoms with E-state index in [-0.39, 0.29) is 5.91 Å². The van der Waals surface area contributed by atoms with E-state index < -0.39 is 0 Å². The van der Waals surface area contributed by atoms with Crippen molar-refractivity contribution in [3.63, 3.8) is 0 Å². The number of aromatic nitrogens is 1. The summed E-state index contributed by atoms with van der Waals surface area (Å²) in [5.41, 5.74) is 1.75. The van der Waals surface area contributed by atoms with E-state index >= 15 is 0 Å². The molecule has 1 aliphatic heterocycles. The number of aryl methyl sites for hydroxylation is 1. The van der Waals surface area contributed by atoms with Crippen molar-refractivity contribution in [2.75, 3.05) is 38.2 Å². The van der Waals surface area contributed by atoms with E-state index in [1.165, 1.54) is 0 Å². The van der Waals surface area contributed by atoms with Gasteiger partial charge in [0.15, 0.2) is 0 Å². The van der Waals surface area contributed by atoms with Crippen molar-refractivity contribution in [1.29, 1.82) is 0 Å². The fourth-order valence-electron chi connectivity index (χ4n) is 2.28. The number of amides is 1. The fourth-order valence-corrected chi connectivity index (χ4v) is 3.09. The monoisotopic (exact) mass is 291 g/mol. The molecule has 2 heterocycles. The third-order valence-electron chi connectivity index (χ3n) is 3.25. The second-order valence-electron chi connectivity index (χ2n) is 4.85. The standard InChI is InChI=1S/C14H17N3O2S/c1-10-15-12-8-11(2-3-13(12)20-10)16-14(18)9-17-4-6-19-7-5-17/h2-3,8H,4-7,9H2,1H3,(H,16,18). The van der Waals surface area contributed by atoms with Crippen molar-refractivity contribution in [3.05, 3.63) is 23.2 Å². The van der Waals surface area contributed by atoms with Crippen LogP contribution >= 0.6 is 11.3 Å². The predicted octanol–water partition coefficient (Wildman–Crippen LogP) is 1.88. The number of benzene rings is 1. The Kier molecular flexibility index (Phi) is 3.95. The SMILES string of the molecule is Cc1nc2cc(NC(=O)CN3CCOCC3)ccc2s1. The van der Waals surface area contributed by atoms with E-state index in [1.54, 1.807) is 11.3 Å². The summed E-state index contributed by atoms with van der Waals surface area (Å²) >= 11 is 1.66. The highest BCUT2D eigenvalue weighted by molar-refractivity contribution is 7.18. The van der Waals surface area contributed by atoms with Crippen molar-refractivity contribution < 1.29 is 9.53 Å². The third-order valence-corrected chi connectivity index (χ3v) is 4.20. The van der Waals surface area contributed by atoms with E-state index in [2.05, 4.69) is 15.2 Å². The van der Waals surface area contributed by atoms with Crippen molar-refractivity contribution in [3.8, 4) is 0 Å². The van der Waals surface area contributed by atoms with Gasteiger partial charge < -0.3 is 10.1 Å². The van der Waals surface area contributed by atoms with Gasteiger partial charge >= 0.3 is 0 Å². The number of ether oxygens (including phenoxy) is 1. The number of thiazole rings is 1. The lowest BCUT2D eigenvalue weighted by molar-refractivity contribution is -0.118. The van der Waals surface area contributed by atoms with E-state index in [0.29, 0.717) is 19.8 Å². The first-order valence-electron chi connectivity index (χ1n) is 6.68. The highest BCUT2D eigenvalue weighted by atomic mass is 32.1. The summed E-state index contributed by atoms with van der Waals surface area (Å²) in [6.45, 7) is 5.45. The minimum Gasteiger partial charge on any atom is -0.379 e. The molecule has 106 valence electrons. The zero-order chi connectivity index (χ0) is 13.9. The van der Waals surface area contributed by atoms with Crippen LogP contribution in [0.4, 0.5) is 5.69 Å². The Morgan fingerprint density at radius 2 is 2.25 bits per heavy atom. The number of hydrogen-bond donors (Lipinski definition) is 1. The average molecular weight is 291 g/mol. The molecule has 0 atom stereocenters. The average Bonchev–Trinajstić information content (AvgIpc) is 2.79. The number of carbonyl (C=O) groups excluding carboxylic acids is 1. The minimum atomic E-state index is 0.0122. The number of rotatable bonds is 3. The summed E-state index contributed by atoms with van der Waals surface area (Å²) in [4.78, 5) is 18.5. The van der Waals surface area contributed by atoms with Crippen LogP contribution in [-0.4, -0.2) is 48.6 Å². The van der Waals surface area contributed by atoms with Gasteiger partial charge in [0.25, 0.3) is 0 Å². The quantitative estimate of drug-likeness (QED) is 0.938. The molecule has 0 aliphatic carbocycles. The highest BCUT2D eigenvalue weighted by Crippen LogP contribution is 2.24. The van der Waals surface area contributed by atoms with Crippen LogP contribution in [0.5, 0.6) is 0 Å². The Bertz CT molecular complexity index is 620. The van der Waals surface area contributed by atoms with Crippen LogP contribution in [0.15, 0.2) is 18.2 Å². The Balaban J connectivity index is 1.64. The molecule has 1 amide bonds. The van der Waals surface area contributed by atoms with E-state index in [4.69, 9.17) is 4.74 Å². The topological polar surface area (TPSA) is 54.5 Å². The summed E-state index contributed by atoms with van der Waals surface area (Å²) in [7, 11) is 0. The van der Waals surface area contributed by atoms with Gasteiger partial charge in [-0.3, -0.25) is 9.69 Å². The molecule has 0 radical (unpaired) electrons. The van der Waals surface area contributed by atoms with Crippen LogP contribution in [0.2, 0.25) is 0 Å². The Labute approximate surface area is 121 Å². The molecule has 20 heavy (non-hydrogen) atoms. The lowest BCUT2D eigenvalue weighted by Crippen LogP contribution is -2.41. The van der Waals surface area contributed by atoms with Crippen LogP contribution in [0.3, 0.4) is 0 Å². The molecule has 1 fully saturated rings. The van der Waals surface area contributed by atoms with Gasteiger partial charge in [-0.15, -0.1) is 11.3 Å². The number of carbonyl (C=O) groups is 1. The molecule has 1 aliphatic rings. The molecule has 0 unspecified atom stereocenters. The maximum absolute atomic E-state index is 12.0. The lowest BCUT2D eigenvalue weighted by atomic mass is 10.3. The summed E-state index contributed by atoms with van der Waals surface area (Å²) in [5, 5.41) is 3.97. The minimum absolute atomic E-state index is 0.0122. The fraction of sp³-hybridized carbons (Fsp3) is 0.429. The molecular weight excluding hydrogens is 274 g/mol. The number of fused-ring (bicyclic) bond motifs is 1. The largest absolute Gasteiger partial charge is 0.379 e. The molecule has 6 heteroatoms. The van der Waals surface area contributed by atoms with Gasteiger partial charge in [0.2, 0.25) is 5.91 Å². The predicted molar refractivity (Wildman–Crippen MR) is 80.2 cm³/mol. The smallest absolute Gasteiger partial charge is 0.238 e. The molecular formula is C14H17N3O2S. The number of nitrogens with zero attached hydrogens (tertiary/aromatic N) is 2. The molecule has 5 nitrogen and oxygen atoms in total. The molecule has 1 saturated heterocycles. The number of hydrogen-bond acceptors (Lipinski definition) is 5. The van der Waals surface area contributed by atoms with Crippen molar-refractivity contribution >= 4 is 33.1 Å². The molecule has 1 aromatic heterocycles. The molecule has 0 spiro atoms. The van der Waals surface area contributed by atoms with E-state index in [1.807, 2.05) is 25.1 Å². The molecule has 3 rings (SSSR count). The Morgan fingerprint density at radius 1 is 1.45 bits per heavy atom. The Hall–Kier alpha value is -1.50. The summed E-state index contributed by atoms with van der Waals surface area (Å²) in [6.07, 6.45) is 0. The van der Waals surface area contributed by atoms with Gasteiger partial charge in [-0.25, -0.2) is 4.98 Å². The first kappa shape index (κ1) is 13.5. The zero-order valence-electron chi connectivity index (χ0n) is 11.4. The maximum atomic E-state index is 12.0. The number of nitrogens with one attached hydrogen (secondary N) is 1. The lowest BCUT2D eigenvalue weighted by Gasteiger charge is -2.25. The second kappa shape index (κ2) is 5.87. The first-order valence-corrected chi connectivity index (χ1v) is 7.49. The van der Waals surface area contributed by atoms with Crippen LogP contribution in [0.25, 0.3) is 10.2 Å². The van der Waals surface area contributed by atoms with E-state index in [9.17, 15) is 4.79 Å². The van der Waals surface area contributed by atoms with Crippen LogP contribution < -0.4 is 5.32 Å². The van der Waals surface area contributed by atoms with Crippen LogP contribution in [0.1, 0.15) is 5.01 Å². The highest BCUT2D eigenvalue weighted by Gasteiger charge is 2.14. The Morgan fingerprint density at radius 3 is 3.05 bits per heavy atom. The maximum Gasteiger partial charge on any atom is 0.238 e. The third kappa shape index (κ3) is 3.15. The molecule has 1 N–H and O–H groups in total. The van der Waals surface area contributed by atoms with Gasteiger partial charge in [0.05, 0.1) is 35.0 Å². The van der Waals surface area contributed by atoms with Gasteiger partial charge in [0.1, 0.15) is 0 Å². The normalized spacial score (nSPS) is 16.4. The zero-order valence-corrected chi connectivity index (χ0v) is 12.2. The molecule has 2 aromatic rings. The van der Waals surface area contributed by atoms with Crippen molar-refractivity contribution in [1.82, 2.24) is 9.88 Å². The van der Waals surface area contributed by atoms with Gasteiger partial charge in [-0.1, -0.05) is 0 Å². The van der Waals surface area contributed by atoms with Crippen molar-refractivity contribution in [2.45, 2.75) is 6.92 Å². The number of anilines is 1. The summed E-state index contributed by atoms with van der Waals surface area (Å²) in [6, 6.07) is 5.86. The van der Waals surface area contributed by atoms with Gasteiger partial charge in [0, 0.05) is 18.8 Å². The van der Waals surface area contributed by atoms with Crippen LogP contribution in [-0.2, 0) is 9.53 Å². The molecule has 0 bridgehead atoms.